The van der Waals surface area contributed by atoms with E-state index in [-0.39, 0.29) is 17.1 Å². The van der Waals surface area contributed by atoms with Crippen LogP contribution < -0.4 is 22.3 Å². The van der Waals surface area contributed by atoms with Gasteiger partial charge in [0.2, 0.25) is 0 Å². The highest BCUT2D eigenvalue weighted by molar-refractivity contribution is 5.60. The molecular formula is C11H18N4O3. The van der Waals surface area contributed by atoms with E-state index in [0.717, 1.165) is 19.3 Å². The number of H-pyrrole nitrogens is 1. The Balaban J connectivity index is 2.22. The number of ether oxygens (including phenoxy) is 1. The van der Waals surface area contributed by atoms with Gasteiger partial charge in [-0.05, 0) is 19.3 Å². The molecule has 1 heterocycles. The molecule has 7 nitrogen and oxygen atoms in total. The van der Waals surface area contributed by atoms with Crippen molar-refractivity contribution in [3.05, 3.63) is 20.8 Å². The van der Waals surface area contributed by atoms with Crippen LogP contribution in [0.25, 0.3) is 0 Å². The third-order valence-corrected chi connectivity index (χ3v) is 3.65. The molecule has 1 aliphatic carbocycles. The van der Waals surface area contributed by atoms with Crippen molar-refractivity contribution in [2.75, 3.05) is 24.7 Å². The van der Waals surface area contributed by atoms with Gasteiger partial charge in [0, 0.05) is 20.7 Å². The lowest BCUT2D eigenvalue weighted by Gasteiger charge is -2.40. The summed E-state index contributed by atoms with van der Waals surface area (Å²) in [5.74, 6) is 0.134. The van der Waals surface area contributed by atoms with E-state index in [9.17, 15) is 9.59 Å². The minimum absolute atomic E-state index is 0.134. The van der Waals surface area contributed by atoms with Crippen LogP contribution in [0.15, 0.2) is 9.59 Å². The number of aromatic amines is 1. The molecule has 0 unspecified atom stereocenters. The minimum Gasteiger partial charge on any atom is -0.383 e. The van der Waals surface area contributed by atoms with Crippen molar-refractivity contribution in [3.63, 3.8) is 0 Å². The fourth-order valence-corrected chi connectivity index (χ4v) is 2.08. The van der Waals surface area contributed by atoms with Crippen LogP contribution in [-0.2, 0) is 11.8 Å². The first-order valence-electron chi connectivity index (χ1n) is 5.87. The first kappa shape index (κ1) is 12.7. The van der Waals surface area contributed by atoms with Gasteiger partial charge in [0.25, 0.3) is 5.56 Å². The van der Waals surface area contributed by atoms with E-state index >= 15 is 0 Å². The molecule has 4 N–H and O–H groups in total. The lowest BCUT2D eigenvalue weighted by molar-refractivity contribution is -0.0601. The monoisotopic (exact) mass is 254 g/mol. The number of nitrogens with one attached hydrogen (secondary N) is 2. The molecule has 0 spiro atoms. The highest BCUT2D eigenvalue weighted by atomic mass is 16.5. The second kappa shape index (κ2) is 4.49. The molecule has 0 aliphatic heterocycles. The molecule has 100 valence electrons. The van der Waals surface area contributed by atoms with Gasteiger partial charge in [-0.25, -0.2) is 4.79 Å². The molecular weight excluding hydrogens is 236 g/mol. The largest absolute Gasteiger partial charge is 0.383 e. The van der Waals surface area contributed by atoms with Crippen LogP contribution >= 0.6 is 0 Å². The number of hydrogen-bond acceptors (Lipinski definition) is 5. The highest BCUT2D eigenvalue weighted by Gasteiger charge is 2.37. The first-order chi connectivity index (χ1) is 8.49. The van der Waals surface area contributed by atoms with Gasteiger partial charge in [-0.1, -0.05) is 0 Å². The average molecular weight is 254 g/mol. The molecule has 2 rings (SSSR count). The molecule has 18 heavy (non-hydrogen) atoms. The number of rotatable bonds is 4. The number of nitrogens with zero attached hydrogens (tertiary/aromatic N) is 1. The second-order valence-corrected chi connectivity index (χ2v) is 4.67. The Labute approximate surface area is 104 Å². The fourth-order valence-electron chi connectivity index (χ4n) is 2.08. The molecule has 0 amide bonds. The van der Waals surface area contributed by atoms with Crippen LogP contribution in [0.4, 0.5) is 11.5 Å². The van der Waals surface area contributed by atoms with Crippen LogP contribution in [0, 0.1) is 0 Å². The third-order valence-electron chi connectivity index (χ3n) is 3.65. The zero-order chi connectivity index (χ0) is 13.3. The highest BCUT2D eigenvalue weighted by Crippen LogP contribution is 2.35. The summed E-state index contributed by atoms with van der Waals surface area (Å²) >= 11 is 0. The summed E-state index contributed by atoms with van der Waals surface area (Å²) in [6, 6.07) is 0. The molecule has 0 aromatic carbocycles. The Morgan fingerprint density at radius 2 is 2.17 bits per heavy atom. The summed E-state index contributed by atoms with van der Waals surface area (Å²) in [5.41, 5.74) is 4.74. The smallest absolute Gasteiger partial charge is 0.329 e. The van der Waals surface area contributed by atoms with Crippen LogP contribution in [-0.4, -0.2) is 28.8 Å². The molecule has 1 aromatic heterocycles. The molecule has 0 atom stereocenters. The molecule has 1 fully saturated rings. The van der Waals surface area contributed by atoms with Crippen molar-refractivity contribution in [2.45, 2.75) is 24.9 Å². The number of methoxy groups -OCH3 is 1. The molecule has 0 saturated heterocycles. The Hall–Kier alpha value is -1.76. The van der Waals surface area contributed by atoms with Gasteiger partial charge >= 0.3 is 5.69 Å². The van der Waals surface area contributed by atoms with Crippen molar-refractivity contribution in [3.8, 4) is 0 Å². The Kier molecular flexibility index (Phi) is 3.16. The van der Waals surface area contributed by atoms with Gasteiger partial charge in [0.1, 0.15) is 11.5 Å². The predicted octanol–water partition coefficient (Wildman–Crippen LogP) is -0.363. The quantitative estimate of drug-likeness (QED) is 0.680. The van der Waals surface area contributed by atoms with Crippen molar-refractivity contribution < 1.29 is 4.74 Å². The normalized spacial score (nSPS) is 17.2. The SMILES string of the molecule is COC1(CNc2c(N)n(C)c(=O)[nH]c2=O)CCC1. The number of anilines is 2. The molecule has 1 aromatic rings. The Morgan fingerprint density at radius 3 is 2.67 bits per heavy atom. The van der Waals surface area contributed by atoms with Gasteiger partial charge in [-0.2, -0.15) is 0 Å². The van der Waals surface area contributed by atoms with Crippen LogP contribution in [0.2, 0.25) is 0 Å². The Morgan fingerprint density at radius 1 is 1.50 bits per heavy atom. The molecule has 0 radical (unpaired) electrons. The molecule has 1 aliphatic rings. The first-order valence-corrected chi connectivity index (χ1v) is 5.87. The summed E-state index contributed by atoms with van der Waals surface area (Å²) in [4.78, 5) is 25.2. The topological polar surface area (TPSA) is 102 Å². The minimum atomic E-state index is -0.520. The average Bonchev–Trinajstić information content (AvgIpc) is 2.29. The van der Waals surface area contributed by atoms with E-state index in [1.165, 1.54) is 11.6 Å². The van der Waals surface area contributed by atoms with Gasteiger partial charge in [-0.15, -0.1) is 0 Å². The Bertz CT molecular complexity index is 551. The summed E-state index contributed by atoms with van der Waals surface area (Å²) in [7, 11) is 3.17. The van der Waals surface area contributed by atoms with Gasteiger partial charge < -0.3 is 15.8 Å². The van der Waals surface area contributed by atoms with Crippen LogP contribution in [0.1, 0.15) is 19.3 Å². The van der Waals surface area contributed by atoms with Gasteiger partial charge in [0.15, 0.2) is 0 Å². The maximum atomic E-state index is 11.7. The van der Waals surface area contributed by atoms with Gasteiger partial charge in [0.05, 0.1) is 5.60 Å². The van der Waals surface area contributed by atoms with E-state index in [4.69, 9.17) is 10.5 Å². The zero-order valence-electron chi connectivity index (χ0n) is 10.6. The summed E-state index contributed by atoms with van der Waals surface area (Å²) in [5, 5.41) is 2.99. The molecule has 7 heteroatoms. The lowest BCUT2D eigenvalue weighted by Crippen LogP contribution is -2.46. The standard InChI is InChI=1S/C11H18N4O3/c1-15-8(12)7(9(16)14-10(15)17)13-6-11(18-2)4-3-5-11/h13H,3-6,12H2,1-2H3,(H,14,16,17). The number of aromatic nitrogens is 2. The van der Waals surface area contributed by atoms with Crippen molar-refractivity contribution in [2.24, 2.45) is 7.05 Å². The van der Waals surface area contributed by atoms with Gasteiger partial charge in [-0.3, -0.25) is 14.3 Å². The second-order valence-electron chi connectivity index (χ2n) is 4.67. The van der Waals surface area contributed by atoms with Crippen LogP contribution in [0.5, 0.6) is 0 Å². The van der Waals surface area contributed by atoms with E-state index < -0.39 is 11.2 Å². The molecule has 1 saturated carbocycles. The maximum absolute atomic E-state index is 11.7. The lowest BCUT2D eigenvalue weighted by atomic mass is 9.80. The number of nitrogen functional groups attached to an aromatic ring is 1. The number of hydrogen-bond donors (Lipinski definition) is 3. The molecule has 0 bridgehead atoms. The van der Waals surface area contributed by atoms with Crippen LogP contribution in [0.3, 0.4) is 0 Å². The van der Waals surface area contributed by atoms with Crippen molar-refractivity contribution in [1.82, 2.24) is 9.55 Å². The van der Waals surface area contributed by atoms with E-state index in [0.29, 0.717) is 6.54 Å². The fraction of sp³-hybridized carbons (Fsp3) is 0.636. The number of nitrogens with two attached hydrogens (primary N) is 1. The third kappa shape index (κ3) is 2.01. The summed E-state index contributed by atoms with van der Waals surface area (Å²) < 4.78 is 6.64. The van der Waals surface area contributed by atoms with Crippen molar-refractivity contribution >= 4 is 11.5 Å². The van der Waals surface area contributed by atoms with Crippen molar-refractivity contribution in [1.29, 1.82) is 0 Å². The predicted molar refractivity (Wildman–Crippen MR) is 68.8 cm³/mol. The van der Waals surface area contributed by atoms with E-state index in [2.05, 4.69) is 10.3 Å². The van der Waals surface area contributed by atoms with E-state index in [1.807, 2.05) is 0 Å². The maximum Gasteiger partial charge on any atom is 0.329 e. The summed E-state index contributed by atoms with van der Waals surface area (Å²) in [6.07, 6.45) is 3.04. The zero-order valence-corrected chi connectivity index (χ0v) is 10.6. The summed E-state index contributed by atoms with van der Waals surface area (Å²) in [6.45, 7) is 0.509. The van der Waals surface area contributed by atoms with E-state index in [1.54, 1.807) is 7.11 Å².